The molecule has 0 saturated heterocycles. The van der Waals surface area contributed by atoms with Crippen molar-refractivity contribution in [3.8, 4) is 24.7 Å². The van der Waals surface area contributed by atoms with Crippen molar-refractivity contribution >= 4 is 12.0 Å². The molecule has 0 aromatic carbocycles. The number of nitrogens with one attached hydrogen (secondary N) is 1. The van der Waals surface area contributed by atoms with Crippen molar-refractivity contribution in [2.24, 2.45) is 0 Å². The molecular formula is C9H10N2O3. The summed E-state index contributed by atoms with van der Waals surface area (Å²) in [5.74, 6) is 3.24. The third kappa shape index (κ3) is 4.68. The summed E-state index contributed by atoms with van der Waals surface area (Å²) < 4.78 is 0. The number of hydrogen-bond acceptors (Lipinski definition) is 2. The maximum atomic E-state index is 11.2. The van der Waals surface area contributed by atoms with Crippen LogP contribution in [-0.2, 0) is 4.79 Å². The molecule has 5 heteroatoms. The maximum absolute atomic E-state index is 11.2. The highest BCUT2D eigenvalue weighted by molar-refractivity contribution is 5.80. The fourth-order valence-electron chi connectivity index (χ4n) is 0.711. The molecule has 74 valence electrons. The summed E-state index contributed by atoms with van der Waals surface area (Å²) in [6, 6.07) is -0.580. The van der Waals surface area contributed by atoms with E-state index < -0.39 is 18.5 Å². The number of carbonyl (C=O) groups is 2. The number of rotatable bonds is 4. The van der Waals surface area contributed by atoms with E-state index in [1.807, 2.05) is 0 Å². The number of amides is 2. The van der Waals surface area contributed by atoms with Gasteiger partial charge in [-0.3, -0.25) is 4.79 Å². The smallest absolute Gasteiger partial charge is 0.323 e. The first-order valence-electron chi connectivity index (χ1n) is 3.73. The predicted molar refractivity (Wildman–Crippen MR) is 50.3 cm³/mol. The van der Waals surface area contributed by atoms with Crippen LogP contribution in [0.3, 0.4) is 0 Å². The van der Waals surface area contributed by atoms with E-state index in [4.69, 9.17) is 18.0 Å². The van der Waals surface area contributed by atoms with Gasteiger partial charge in [0.05, 0.1) is 13.1 Å². The van der Waals surface area contributed by atoms with Gasteiger partial charge < -0.3 is 15.3 Å². The molecule has 0 aliphatic heterocycles. The minimum atomic E-state index is -1.13. The molecule has 0 atom stereocenters. The molecule has 0 rings (SSSR count). The first-order chi connectivity index (χ1) is 6.61. The maximum Gasteiger partial charge on any atom is 0.323 e. The summed E-state index contributed by atoms with van der Waals surface area (Å²) in [7, 11) is 0. The summed E-state index contributed by atoms with van der Waals surface area (Å²) in [5, 5.41) is 10.8. The van der Waals surface area contributed by atoms with Crippen LogP contribution in [0.2, 0.25) is 0 Å². The summed E-state index contributed by atoms with van der Waals surface area (Å²) in [6.07, 6.45) is 9.88. The van der Waals surface area contributed by atoms with Gasteiger partial charge in [-0.2, -0.15) is 0 Å². The van der Waals surface area contributed by atoms with Crippen molar-refractivity contribution in [1.29, 1.82) is 0 Å². The van der Waals surface area contributed by atoms with Crippen molar-refractivity contribution < 1.29 is 14.7 Å². The van der Waals surface area contributed by atoms with Crippen LogP contribution in [0.5, 0.6) is 0 Å². The Morgan fingerprint density at radius 1 is 1.36 bits per heavy atom. The highest BCUT2D eigenvalue weighted by atomic mass is 16.4. The van der Waals surface area contributed by atoms with Gasteiger partial charge in [-0.25, -0.2) is 4.79 Å². The minimum Gasteiger partial charge on any atom is -0.480 e. The van der Waals surface area contributed by atoms with E-state index in [1.165, 1.54) is 0 Å². The minimum absolute atomic E-state index is 0.0412. The molecule has 2 N–H and O–H groups in total. The van der Waals surface area contributed by atoms with Crippen LogP contribution in [0, 0.1) is 24.7 Å². The van der Waals surface area contributed by atoms with Crippen LogP contribution in [0.4, 0.5) is 4.79 Å². The zero-order chi connectivity index (χ0) is 11.0. The third-order valence-electron chi connectivity index (χ3n) is 1.24. The Morgan fingerprint density at radius 2 is 2.00 bits per heavy atom. The first kappa shape index (κ1) is 11.9. The number of terminal acetylenes is 2. The zero-order valence-electron chi connectivity index (χ0n) is 7.49. The fourth-order valence-corrected chi connectivity index (χ4v) is 0.711. The molecule has 0 spiro atoms. The Morgan fingerprint density at radius 3 is 2.43 bits per heavy atom. The molecule has 0 radical (unpaired) electrons. The Labute approximate surface area is 82.1 Å². The lowest BCUT2D eigenvalue weighted by Crippen LogP contribution is -2.43. The number of urea groups is 1. The molecule has 0 fully saturated rings. The summed E-state index contributed by atoms with van der Waals surface area (Å²) in [6.45, 7) is -0.469. The van der Waals surface area contributed by atoms with Crippen molar-refractivity contribution in [2.45, 2.75) is 0 Å². The van der Waals surface area contributed by atoms with E-state index in [0.717, 1.165) is 4.90 Å². The largest absolute Gasteiger partial charge is 0.480 e. The first-order valence-corrected chi connectivity index (χ1v) is 3.73. The predicted octanol–water partition coefficient (Wildman–Crippen LogP) is -0.651. The second-order valence-corrected chi connectivity index (χ2v) is 2.32. The zero-order valence-corrected chi connectivity index (χ0v) is 7.49. The number of carbonyl (C=O) groups excluding carboxylic acids is 1. The van der Waals surface area contributed by atoms with E-state index in [1.54, 1.807) is 0 Å². The molecule has 5 nitrogen and oxygen atoms in total. The van der Waals surface area contributed by atoms with Gasteiger partial charge in [-0.15, -0.1) is 12.8 Å². The highest BCUT2D eigenvalue weighted by Crippen LogP contribution is 1.88. The van der Waals surface area contributed by atoms with Gasteiger partial charge in [0, 0.05) is 0 Å². The monoisotopic (exact) mass is 194 g/mol. The van der Waals surface area contributed by atoms with Crippen LogP contribution in [0.25, 0.3) is 0 Å². The molecule has 0 aromatic heterocycles. The summed E-state index contributed by atoms with van der Waals surface area (Å²) in [4.78, 5) is 22.5. The van der Waals surface area contributed by atoms with Gasteiger partial charge in [0.2, 0.25) is 0 Å². The molecule has 0 heterocycles. The van der Waals surface area contributed by atoms with Crippen molar-refractivity contribution in [3.63, 3.8) is 0 Å². The Bertz CT molecular complexity index is 298. The third-order valence-corrected chi connectivity index (χ3v) is 1.24. The van der Waals surface area contributed by atoms with Gasteiger partial charge >= 0.3 is 12.0 Å². The number of hydrogen-bond donors (Lipinski definition) is 2. The summed E-state index contributed by atoms with van der Waals surface area (Å²) in [5.41, 5.74) is 0. The van der Waals surface area contributed by atoms with Crippen LogP contribution in [0.15, 0.2) is 0 Å². The molecule has 2 amide bonds. The van der Waals surface area contributed by atoms with Gasteiger partial charge in [0.25, 0.3) is 0 Å². The lowest BCUT2D eigenvalue weighted by atomic mass is 10.5. The molecule has 0 unspecified atom stereocenters. The van der Waals surface area contributed by atoms with Gasteiger partial charge in [-0.05, 0) is 0 Å². The molecule has 14 heavy (non-hydrogen) atoms. The van der Waals surface area contributed by atoms with Gasteiger partial charge in [0.15, 0.2) is 0 Å². The van der Waals surface area contributed by atoms with Crippen LogP contribution >= 0.6 is 0 Å². The molecular weight excluding hydrogens is 184 g/mol. The Hall–Kier alpha value is -2.14. The lowest BCUT2D eigenvalue weighted by molar-refractivity contribution is -0.137. The molecule has 0 saturated carbocycles. The number of carboxylic acids is 1. The Balaban J connectivity index is 4.20. The highest BCUT2D eigenvalue weighted by Gasteiger charge is 2.14. The second kappa shape index (κ2) is 6.38. The van der Waals surface area contributed by atoms with Crippen LogP contribution < -0.4 is 5.32 Å². The molecule has 0 aliphatic carbocycles. The normalized spacial score (nSPS) is 8.14. The molecule has 0 bridgehead atoms. The SMILES string of the molecule is C#CCNC(=O)N(CC#C)CC(=O)O. The number of nitrogens with zero attached hydrogens (tertiary/aromatic N) is 1. The quantitative estimate of drug-likeness (QED) is 0.584. The van der Waals surface area contributed by atoms with Crippen molar-refractivity contribution in [3.05, 3.63) is 0 Å². The average Bonchev–Trinajstić information content (AvgIpc) is 2.13. The topological polar surface area (TPSA) is 69.6 Å². The van der Waals surface area contributed by atoms with Crippen LogP contribution in [0.1, 0.15) is 0 Å². The van der Waals surface area contributed by atoms with E-state index in [9.17, 15) is 9.59 Å². The molecule has 0 aliphatic rings. The van der Waals surface area contributed by atoms with Gasteiger partial charge in [-0.1, -0.05) is 11.8 Å². The van der Waals surface area contributed by atoms with E-state index in [-0.39, 0.29) is 13.1 Å². The number of aliphatic carboxylic acids is 1. The molecule has 0 aromatic rings. The van der Waals surface area contributed by atoms with Gasteiger partial charge in [0.1, 0.15) is 6.54 Å². The average molecular weight is 194 g/mol. The standard InChI is InChI=1S/C9H10N2O3/c1-3-5-10-9(14)11(6-4-2)7-8(12)13/h1-2H,5-7H2,(H,10,14)(H,12,13). The van der Waals surface area contributed by atoms with Crippen molar-refractivity contribution in [1.82, 2.24) is 10.2 Å². The fraction of sp³-hybridized carbons (Fsp3) is 0.333. The van der Waals surface area contributed by atoms with Crippen molar-refractivity contribution in [2.75, 3.05) is 19.6 Å². The number of carboxylic acid groups (broad SMARTS) is 1. The Kier molecular flexibility index (Phi) is 5.41. The van der Waals surface area contributed by atoms with E-state index in [2.05, 4.69) is 17.2 Å². The van der Waals surface area contributed by atoms with E-state index >= 15 is 0 Å². The second-order valence-electron chi connectivity index (χ2n) is 2.32. The lowest BCUT2D eigenvalue weighted by Gasteiger charge is -2.17. The van der Waals surface area contributed by atoms with E-state index in [0.29, 0.717) is 0 Å². The van der Waals surface area contributed by atoms with Crippen LogP contribution in [-0.4, -0.2) is 41.6 Å². The summed E-state index contributed by atoms with van der Waals surface area (Å²) >= 11 is 0.